The van der Waals surface area contributed by atoms with Gasteiger partial charge in [-0.15, -0.1) is 0 Å². The van der Waals surface area contributed by atoms with Crippen molar-refractivity contribution in [1.29, 1.82) is 0 Å². The van der Waals surface area contributed by atoms with Crippen molar-refractivity contribution in [3.05, 3.63) is 23.8 Å². The topological polar surface area (TPSA) is 27.7 Å². The van der Waals surface area contributed by atoms with E-state index in [2.05, 4.69) is 25.2 Å². The van der Waals surface area contributed by atoms with Gasteiger partial charge in [0.05, 0.1) is 5.54 Å². The Morgan fingerprint density at radius 1 is 1.06 bits per heavy atom. The minimum atomic E-state index is -2.57. The maximum atomic E-state index is 5.84. The Hall–Kier alpha value is -0.423. The standard InChI is InChI=1S/C12H22O3Si/c1-5-13-16(14-6-2,15-7-3)12-9-8-11(4)10-12/h8-10,12H,5-7H2,1-4H3. The fraction of sp³-hybridized carbons (Fsp3) is 0.667. The zero-order valence-corrected chi connectivity index (χ0v) is 11.7. The van der Waals surface area contributed by atoms with Crippen molar-refractivity contribution in [2.45, 2.75) is 33.2 Å². The summed E-state index contributed by atoms with van der Waals surface area (Å²) in [5.74, 6) is 0. The van der Waals surface area contributed by atoms with E-state index in [4.69, 9.17) is 13.3 Å². The molecule has 0 bridgehead atoms. The zero-order chi connectivity index (χ0) is 12.0. The maximum absolute atomic E-state index is 5.84. The summed E-state index contributed by atoms with van der Waals surface area (Å²) in [7, 11) is -2.57. The molecular weight excluding hydrogens is 220 g/mol. The normalized spacial score (nSPS) is 20.2. The lowest BCUT2D eigenvalue weighted by molar-refractivity contribution is 0.0691. The van der Waals surface area contributed by atoms with E-state index >= 15 is 0 Å². The van der Waals surface area contributed by atoms with E-state index in [9.17, 15) is 0 Å². The Bertz CT molecular complexity index is 256. The van der Waals surface area contributed by atoms with Crippen LogP contribution in [0, 0.1) is 0 Å². The molecule has 0 aromatic carbocycles. The second kappa shape index (κ2) is 6.35. The van der Waals surface area contributed by atoms with Crippen LogP contribution in [0.3, 0.4) is 0 Å². The Morgan fingerprint density at radius 3 is 1.88 bits per heavy atom. The van der Waals surface area contributed by atoms with Crippen LogP contribution >= 0.6 is 0 Å². The molecule has 0 saturated heterocycles. The second-order valence-corrected chi connectivity index (χ2v) is 6.44. The molecule has 0 amide bonds. The van der Waals surface area contributed by atoms with Crippen LogP contribution in [0.25, 0.3) is 0 Å². The summed E-state index contributed by atoms with van der Waals surface area (Å²) < 4.78 is 17.5. The first kappa shape index (κ1) is 13.6. The third-order valence-corrected chi connectivity index (χ3v) is 5.70. The molecule has 0 aromatic heterocycles. The number of hydrogen-bond acceptors (Lipinski definition) is 3. The first-order chi connectivity index (χ1) is 7.68. The van der Waals surface area contributed by atoms with Gasteiger partial charge in [-0.25, -0.2) is 0 Å². The van der Waals surface area contributed by atoms with E-state index in [0.29, 0.717) is 19.8 Å². The highest BCUT2D eigenvalue weighted by Crippen LogP contribution is 2.33. The molecule has 1 aliphatic rings. The van der Waals surface area contributed by atoms with Gasteiger partial charge >= 0.3 is 8.80 Å². The molecule has 0 aromatic rings. The van der Waals surface area contributed by atoms with Gasteiger partial charge in [0.2, 0.25) is 0 Å². The van der Waals surface area contributed by atoms with Crippen LogP contribution in [0.1, 0.15) is 27.7 Å². The van der Waals surface area contributed by atoms with Crippen molar-refractivity contribution in [1.82, 2.24) is 0 Å². The van der Waals surface area contributed by atoms with Gasteiger partial charge < -0.3 is 13.3 Å². The molecule has 0 fully saturated rings. The van der Waals surface area contributed by atoms with Crippen molar-refractivity contribution in [3.8, 4) is 0 Å². The van der Waals surface area contributed by atoms with Crippen molar-refractivity contribution in [3.63, 3.8) is 0 Å². The van der Waals surface area contributed by atoms with Gasteiger partial charge in [-0.3, -0.25) is 0 Å². The van der Waals surface area contributed by atoms with Gasteiger partial charge in [0.15, 0.2) is 0 Å². The van der Waals surface area contributed by atoms with Crippen LogP contribution in [0.2, 0.25) is 5.54 Å². The van der Waals surface area contributed by atoms with Crippen LogP contribution < -0.4 is 0 Å². The predicted octanol–water partition coefficient (Wildman–Crippen LogP) is 2.92. The Balaban J connectivity index is 2.86. The Kier molecular flexibility index (Phi) is 5.41. The molecule has 0 aliphatic heterocycles. The molecule has 1 aliphatic carbocycles. The summed E-state index contributed by atoms with van der Waals surface area (Å²) in [5.41, 5.74) is 1.42. The van der Waals surface area contributed by atoms with E-state index in [1.165, 1.54) is 5.57 Å². The maximum Gasteiger partial charge on any atom is 0.512 e. The van der Waals surface area contributed by atoms with Crippen molar-refractivity contribution < 1.29 is 13.3 Å². The molecule has 92 valence electrons. The Labute approximate surface area is 99.5 Å². The van der Waals surface area contributed by atoms with E-state index in [1.807, 2.05) is 20.8 Å². The minimum absolute atomic E-state index is 0.173. The summed E-state index contributed by atoms with van der Waals surface area (Å²) in [6.07, 6.45) is 6.40. The molecule has 0 N–H and O–H groups in total. The first-order valence-corrected chi connectivity index (χ1v) is 7.77. The molecule has 3 nitrogen and oxygen atoms in total. The molecular formula is C12H22O3Si. The minimum Gasteiger partial charge on any atom is -0.373 e. The third-order valence-electron chi connectivity index (χ3n) is 2.45. The Morgan fingerprint density at radius 2 is 1.56 bits per heavy atom. The molecule has 1 rings (SSSR count). The van der Waals surface area contributed by atoms with E-state index in [1.54, 1.807) is 0 Å². The average Bonchev–Trinajstić information content (AvgIpc) is 2.66. The summed E-state index contributed by atoms with van der Waals surface area (Å²) in [6, 6.07) is 0. The molecule has 1 atom stereocenters. The quantitative estimate of drug-likeness (QED) is 0.642. The fourth-order valence-electron chi connectivity index (χ4n) is 1.89. The first-order valence-electron chi connectivity index (χ1n) is 5.97. The molecule has 0 heterocycles. The molecule has 0 radical (unpaired) electrons. The van der Waals surface area contributed by atoms with Crippen LogP contribution in [0.15, 0.2) is 23.8 Å². The molecule has 16 heavy (non-hydrogen) atoms. The average molecular weight is 242 g/mol. The van der Waals surface area contributed by atoms with Gasteiger partial charge in [-0.2, -0.15) is 0 Å². The van der Waals surface area contributed by atoms with Crippen molar-refractivity contribution >= 4 is 8.80 Å². The third kappa shape index (κ3) is 3.04. The zero-order valence-electron chi connectivity index (χ0n) is 10.7. The van der Waals surface area contributed by atoms with Crippen molar-refractivity contribution in [2.24, 2.45) is 0 Å². The van der Waals surface area contributed by atoms with E-state index < -0.39 is 8.80 Å². The lowest BCUT2D eigenvalue weighted by Crippen LogP contribution is -2.49. The van der Waals surface area contributed by atoms with Crippen LogP contribution in [0.4, 0.5) is 0 Å². The van der Waals surface area contributed by atoms with Crippen LogP contribution in [-0.4, -0.2) is 28.6 Å². The monoisotopic (exact) mass is 242 g/mol. The SMILES string of the molecule is CCO[Si](OCC)(OCC)C1C=CC(C)=C1. The van der Waals surface area contributed by atoms with Gasteiger partial charge in [0.25, 0.3) is 0 Å². The highest BCUT2D eigenvalue weighted by molar-refractivity contribution is 6.63. The summed E-state index contributed by atoms with van der Waals surface area (Å²) in [5, 5.41) is 0. The summed E-state index contributed by atoms with van der Waals surface area (Å²) >= 11 is 0. The predicted molar refractivity (Wildman–Crippen MR) is 67.3 cm³/mol. The van der Waals surface area contributed by atoms with Crippen molar-refractivity contribution in [2.75, 3.05) is 19.8 Å². The van der Waals surface area contributed by atoms with Gasteiger partial charge in [0, 0.05) is 19.8 Å². The lowest BCUT2D eigenvalue weighted by atomic mass is 10.3. The molecule has 0 saturated carbocycles. The summed E-state index contributed by atoms with van der Waals surface area (Å²) in [4.78, 5) is 0. The van der Waals surface area contributed by atoms with Gasteiger partial charge in [-0.1, -0.05) is 23.8 Å². The highest BCUT2D eigenvalue weighted by Gasteiger charge is 2.47. The number of hydrogen-bond donors (Lipinski definition) is 0. The van der Waals surface area contributed by atoms with Gasteiger partial charge in [-0.05, 0) is 27.7 Å². The number of rotatable bonds is 7. The van der Waals surface area contributed by atoms with Crippen LogP contribution in [0.5, 0.6) is 0 Å². The smallest absolute Gasteiger partial charge is 0.373 e. The van der Waals surface area contributed by atoms with Gasteiger partial charge in [0.1, 0.15) is 0 Å². The second-order valence-electron chi connectivity index (χ2n) is 3.70. The summed E-state index contributed by atoms with van der Waals surface area (Å²) in [6.45, 7) is 9.91. The van der Waals surface area contributed by atoms with Crippen LogP contribution in [-0.2, 0) is 13.3 Å². The lowest BCUT2D eigenvalue weighted by Gasteiger charge is -2.31. The molecule has 4 heteroatoms. The largest absolute Gasteiger partial charge is 0.512 e. The van der Waals surface area contributed by atoms with E-state index in [0.717, 1.165) is 0 Å². The fourth-order valence-corrected chi connectivity index (χ4v) is 4.72. The molecule has 1 unspecified atom stereocenters. The number of allylic oxidation sites excluding steroid dienone is 4. The van der Waals surface area contributed by atoms with E-state index in [-0.39, 0.29) is 5.54 Å². The highest BCUT2D eigenvalue weighted by atomic mass is 28.4. The molecule has 0 spiro atoms.